The molecule has 0 aliphatic rings. The van der Waals surface area contributed by atoms with Gasteiger partial charge < -0.3 is 10.1 Å². The minimum Gasteiger partial charge on any atom is -0.465 e. The molecule has 26 heavy (non-hydrogen) atoms. The molecule has 1 heterocycles. The molecule has 0 bridgehead atoms. The number of halogens is 3. The minimum atomic E-state index is -0.557. The summed E-state index contributed by atoms with van der Waals surface area (Å²) < 4.78 is 5.30. The van der Waals surface area contributed by atoms with E-state index in [1.165, 1.54) is 13.2 Å². The molecule has 8 heteroatoms. The second-order valence-electron chi connectivity index (χ2n) is 5.27. The average Bonchev–Trinajstić information content (AvgIpc) is 2.62. The smallest absolute Gasteiger partial charge is 0.338 e. The molecular weight excluding hydrogens is 443 g/mol. The molecule has 0 aliphatic heterocycles. The van der Waals surface area contributed by atoms with E-state index in [1.807, 2.05) is 0 Å². The number of carbonyl (C=O) groups is 2. The fourth-order valence-corrected chi connectivity index (χ4v) is 3.48. The highest BCUT2D eigenvalue weighted by atomic mass is 79.9. The largest absolute Gasteiger partial charge is 0.465 e. The number of amides is 1. The highest BCUT2D eigenvalue weighted by Gasteiger charge is 2.18. The van der Waals surface area contributed by atoms with Crippen LogP contribution in [0.25, 0.3) is 10.9 Å². The molecule has 1 aromatic heterocycles. The lowest BCUT2D eigenvalue weighted by atomic mass is 10.1. The molecule has 132 valence electrons. The topological polar surface area (TPSA) is 68.3 Å². The Morgan fingerprint density at radius 3 is 2.62 bits per heavy atom. The quantitative estimate of drug-likeness (QED) is 0.429. The molecule has 2 aromatic carbocycles. The first-order valence-corrected chi connectivity index (χ1v) is 8.89. The molecule has 3 rings (SSSR count). The molecule has 0 fully saturated rings. The van der Waals surface area contributed by atoms with Crippen molar-refractivity contribution in [1.29, 1.82) is 0 Å². The number of ether oxygens (including phenoxy) is 1. The lowest BCUT2D eigenvalue weighted by Gasteiger charge is -2.12. The number of pyridine rings is 1. The zero-order valence-electron chi connectivity index (χ0n) is 13.3. The van der Waals surface area contributed by atoms with Gasteiger partial charge in [-0.15, -0.1) is 0 Å². The van der Waals surface area contributed by atoms with Gasteiger partial charge in [0.1, 0.15) is 5.15 Å². The Bertz CT molecular complexity index is 1040. The van der Waals surface area contributed by atoms with Crippen molar-refractivity contribution in [3.05, 3.63) is 68.2 Å². The average molecular weight is 454 g/mol. The minimum absolute atomic E-state index is 0.167. The van der Waals surface area contributed by atoms with Crippen LogP contribution in [0, 0.1) is 0 Å². The van der Waals surface area contributed by atoms with Crippen molar-refractivity contribution in [3.8, 4) is 0 Å². The molecule has 0 saturated heterocycles. The van der Waals surface area contributed by atoms with E-state index in [4.69, 9.17) is 27.9 Å². The van der Waals surface area contributed by atoms with E-state index in [0.29, 0.717) is 31.6 Å². The maximum Gasteiger partial charge on any atom is 0.338 e. The van der Waals surface area contributed by atoms with Crippen molar-refractivity contribution in [3.63, 3.8) is 0 Å². The van der Waals surface area contributed by atoms with Gasteiger partial charge >= 0.3 is 5.97 Å². The van der Waals surface area contributed by atoms with Crippen molar-refractivity contribution < 1.29 is 14.3 Å². The van der Waals surface area contributed by atoms with Crippen molar-refractivity contribution in [2.45, 2.75) is 0 Å². The monoisotopic (exact) mass is 452 g/mol. The van der Waals surface area contributed by atoms with Crippen LogP contribution in [-0.2, 0) is 4.74 Å². The molecule has 1 amide bonds. The van der Waals surface area contributed by atoms with Crippen molar-refractivity contribution in [1.82, 2.24) is 4.98 Å². The lowest BCUT2D eigenvalue weighted by Crippen LogP contribution is -2.12. The molecule has 0 radical (unpaired) electrons. The summed E-state index contributed by atoms with van der Waals surface area (Å²) in [6.07, 6.45) is 0. The number of esters is 1. The molecule has 0 spiro atoms. The molecule has 0 saturated carbocycles. The fraction of sp³-hybridized carbons (Fsp3) is 0.0556. The van der Waals surface area contributed by atoms with E-state index in [-0.39, 0.29) is 16.6 Å². The number of nitrogens with one attached hydrogen (secondary N) is 1. The van der Waals surface area contributed by atoms with Crippen molar-refractivity contribution >= 4 is 67.6 Å². The van der Waals surface area contributed by atoms with Gasteiger partial charge in [-0.3, -0.25) is 4.79 Å². The van der Waals surface area contributed by atoms with E-state index in [2.05, 4.69) is 26.2 Å². The Balaban J connectivity index is 2.08. The summed E-state index contributed by atoms with van der Waals surface area (Å²) in [7, 11) is 1.28. The Hall–Kier alpha value is -2.15. The van der Waals surface area contributed by atoms with Crippen LogP contribution in [0.1, 0.15) is 20.7 Å². The number of fused-ring (bicyclic) bond motifs is 1. The third-order valence-corrected chi connectivity index (χ3v) is 4.87. The predicted molar refractivity (Wildman–Crippen MR) is 105 cm³/mol. The molecule has 0 atom stereocenters. The number of carbonyl (C=O) groups excluding carboxylic acids is 2. The van der Waals surface area contributed by atoms with Crippen molar-refractivity contribution in [2.75, 3.05) is 12.4 Å². The number of nitrogens with zero attached hydrogens (tertiary/aromatic N) is 1. The van der Waals surface area contributed by atoms with Crippen LogP contribution in [-0.4, -0.2) is 24.0 Å². The van der Waals surface area contributed by atoms with E-state index in [9.17, 15) is 9.59 Å². The van der Waals surface area contributed by atoms with Crippen molar-refractivity contribution in [2.24, 2.45) is 0 Å². The van der Waals surface area contributed by atoms with Gasteiger partial charge in [0, 0.05) is 16.0 Å². The molecule has 0 unspecified atom stereocenters. The second-order valence-corrected chi connectivity index (χ2v) is 6.89. The van der Waals surface area contributed by atoms with Gasteiger partial charge in [-0.25, -0.2) is 9.78 Å². The van der Waals surface area contributed by atoms with Gasteiger partial charge in [-0.2, -0.15) is 0 Å². The number of anilines is 1. The number of hydrogen-bond acceptors (Lipinski definition) is 4. The summed E-state index contributed by atoms with van der Waals surface area (Å²) >= 11 is 15.3. The molecule has 0 aliphatic carbocycles. The van der Waals surface area contributed by atoms with E-state index in [0.717, 1.165) is 0 Å². The van der Waals surface area contributed by atoms with E-state index >= 15 is 0 Å². The first-order valence-electron chi connectivity index (χ1n) is 7.34. The van der Waals surface area contributed by atoms with E-state index < -0.39 is 5.97 Å². The van der Waals surface area contributed by atoms with Crippen LogP contribution in [0.4, 0.5) is 5.69 Å². The maximum atomic E-state index is 12.5. The van der Waals surface area contributed by atoms with E-state index in [1.54, 1.807) is 36.4 Å². The SMILES string of the molecule is COC(=O)c1cc(Cl)nc2ccc(NC(=O)c3cccc(Cl)c3)c(Br)c12. The number of aromatic nitrogens is 1. The Morgan fingerprint density at radius 2 is 1.92 bits per heavy atom. The highest BCUT2D eigenvalue weighted by Crippen LogP contribution is 2.34. The zero-order chi connectivity index (χ0) is 18.8. The summed E-state index contributed by atoms with van der Waals surface area (Å²) in [6, 6.07) is 11.3. The number of methoxy groups -OCH3 is 1. The van der Waals surface area contributed by atoms with Gasteiger partial charge in [-0.05, 0) is 52.3 Å². The maximum absolute atomic E-state index is 12.5. The normalized spacial score (nSPS) is 10.6. The zero-order valence-corrected chi connectivity index (χ0v) is 16.4. The Kier molecular flexibility index (Phi) is 5.46. The van der Waals surface area contributed by atoms with Gasteiger partial charge in [0.05, 0.1) is 28.4 Å². The standard InChI is InChI=1S/C18H11BrCl2N2O3/c1-26-18(25)11-8-14(21)22-12-5-6-13(16(19)15(11)12)23-17(24)9-3-2-4-10(20)7-9/h2-8H,1H3,(H,23,24). The Morgan fingerprint density at radius 1 is 1.15 bits per heavy atom. The van der Waals surface area contributed by atoms with Crippen LogP contribution in [0.15, 0.2) is 46.9 Å². The number of hydrogen-bond donors (Lipinski definition) is 1. The number of benzene rings is 2. The predicted octanol–water partition coefficient (Wildman–Crippen LogP) is 5.34. The lowest BCUT2D eigenvalue weighted by molar-refractivity contribution is 0.0602. The second kappa shape index (κ2) is 7.61. The highest BCUT2D eigenvalue weighted by molar-refractivity contribution is 9.10. The summed E-state index contributed by atoms with van der Waals surface area (Å²) in [5.74, 6) is -0.896. The first kappa shape index (κ1) is 18.6. The first-order chi connectivity index (χ1) is 12.4. The molecule has 5 nitrogen and oxygen atoms in total. The van der Waals surface area contributed by atoms with Gasteiger partial charge in [0.2, 0.25) is 0 Å². The van der Waals surface area contributed by atoms with Crippen LogP contribution < -0.4 is 5.32 Å². The Labute approximate surface area is 167 Å². The van der Waals surface area contributed by atoms with Gasteiger partial charge in [0.25, 0.3) is 5.91 Å². The third-order valence-electron chi connectivity index (χ3n) is 3.62. The van der Waals surface area contributed by atoms with Crippen LogP contribution in [0.3, 0.4) is 0 Å². The van der Waals surface area contributed by atoms with Gasteiger partial charge in [0.15, 0.2) is 0 Å². The summed E-state index contributed by atoms with van der Waals surface area (Å²) in [4.78, 5) is 28.8. The number of rotatable bonds is 3. The van der Waals surface area contributed by atoms with Gasteiger partial charge in [-0.1, -0.05) is 29.3 Å². The summed E-state index contributed by atoms with van der Waals surface area (Å²) in [6.45, 7) is 0. The fourth-order valence-electron chi connectivity index (χ4n) is 2.45. The summed E-state index contributed by atoms with van der Waals surface area (Å²) in [5.41, 5.74) is 1.61. The third kappa shape index (κ3) is 3.67. The molecular formula is C18H11BrCl2N2O3. The molecule has 1 N–H and O–H groups in total. The van der Waals surface area contributed by atoms with Crippen LogP contribution >= 0.6 is 39.1 Å². The van der Waals surface area contributed by atoms with Crippen LogP contribution in [0.5, 0.6) is 0 Å². The molecule has 3 aromatic rings. The summed E-state index contributed by atoms with van der Waals surface area (Å²) in [5, 5.41) is 3.91. The van der Waals surface area contributed by atoms with Crippen LogP contribution in [0.2, 0.25) is 10.2 Å².